The molecule has 0 bridgehead atoms. The van der Waals surface area contributed by atoms with Crippen molar-refractivity contribution in [1.29, 1.82) is 0 Å². The van der Waals surface area contributed by atoms with Crippen LogP contribution in [0.4, 0.5) is 0 Å². The molecular weight excluding hydrogens is 330 g/mol. The summed E-state index contributed by atoms with van der Waals surface area (Å²) in [6.45, 7) is 0.773. The average Bonchev–Trinajstić information content (AvgIpc) is 3.14. The first-order valence-electron chi connectivity index (χ1n) is 7.71. The second-order valence-corrected chi connectivity index (χ2v) is 5.30. The molecule has 2 heterocycles. The number of hydrazine groups is 1. The van der Waals surface area contributed by atoms with Crippen molar-refractivity contribution >= 4 is 23.8 Å². The lowest BCUT2D eigenvalue weighted by Gasteiger charge is -2.27. The Morgan fingerprint density at radius 1 is 1.04 bits per heavy atom. The fraction of sp³-hybridized carbons (Fsp3) is 0.438. The van der Waals surface area contributed by atoms with Gasteiger partial charge in [-0.1, -0.05) is 0 Å². The SMILES string of the molecule is COC(=O)CCC(=O)N1CCCN1C(=O)c1ccc(C(=O)OC)cn1. The predicted octanol–water partition coefficient (Wildman–Crippen LogP) is 0.411. The second-order valence-electron chi connectivity index (χ2n) is 5.30. The summed E-state index contributed by atoms with van der Waals surface area (Å²) in [5, 5.41) is 2.63. The molecule has 1 aromatic rings. The van der Waals surface area contributed by atoms with Gasteiger partial charge in [0.05, 0.1) is 26.2 Å². The minimum absolute atomic E-state index is 0.0365. The maximum absolute atomic E-state index is 12.6. The number of aromatic nitrogens is 1. The minimum Gasteiger partial charge on any atom is -0.469 e. The lowest BCUT2D eigenvalue weighted by molar-refractivity contribution is -0.146. The van der Waals surface area contributed by atoms with Crippen LogP contribution in [0.1, 0.15) is 40.1 Å². The summed E-state index contributed by atoms with van der Waals surface area (Å²) in [5.74, 6) is -1.81. The van der Waals surface area contributed by atoms with E-state index in [0.29, 0.717) is 19.5 Å². The molecule has 1 fully saturated rings. The van der Waals surface area contributed by atoms with E-state index in [1.807, 2.05) is 0 Å². The molecule has 0 aromatic carbocycles. The highest BCUT2D eigenvalue weighted by Gasteiger charge is 2.32. The van der Waals surface area contributed by atoms with E-state index in [2.05, 4.69) is 14.5 Å². The van der Waals surface area contributed by atoms with Gasteiger partial charge in [-0.15, -0.1) is 0 Å². The minimum atomic E-state index is -0.549. The molecule has 1 saturated heterocycles. The number of esters is 2. The van der Waals surface area contributed by atoms with Crippen LogP contribution in [-0.4, -0.2) is 66.1 Å². The molecule has 1 aromatic heterocycles. The molecule has 2 amide bonds. The summed E-state index contributed by atoms with van der Waals surface area (Å²) >= 11 is 0. The molecule has 9 heteroatoms. The molecule has 0 N–H and O–H groups in total. The number of rotatable bonds is 5. The zero-order valence-corrected chi connectivity index (χ0v) is 14.1. The van der Waals surface area contributed by atoms with Crippen molar-refractivity contribution in [2.24, 2.45) is 0 Å². The molecule has 2 rings (SSSR count). The van der Waals surface area contributed by atoms with Gasteiger partial charge < -0.3 is 9.47 Å². The molecule has 25 heavy (non-hydrogen) atoms. The number of amides is 2. The van der Waals surface area contributed by atoms with Crippen LogP contribution in [0.2, 0.25) is 0 Å². The highest BCUT2D eigenvalue weighted by atomic mass is 16.5. The molecule has 1 aliphatic rings. The van der Waals surface area contributed by atoms with Crippen molar-refractivity contribution in [2.75, 3.05) is 27.3 Å². The van der Waals surface area contributed by atoms with Gasteiger partial charge in [0.15, 0.2) is 0 Å². The van der Waals surface area contributed by atoms with Gasteiger partial charge in [0.2, 0.25) is 5.91 Å². The summed E-state index contributed by atoms with van der Waals surface area (Å²) in [6.07, 6.45) is 1.81. The van der Waals surface area contributed by atoms with E-state index in [4.69, 9.17) is 0 Å². The van der Waals surface area contributed by atoms with Crippen LogP contribution >= 0.6 is 0 Å². The Hall–Kier alpha value is -2.97. The van der Waals surface area contributed by atoms with E-state index in [0.717, 1.165) is 0 Å². The normalized spacial score (nSPS) is 13.5. The maximum Gasteiger partial charge on any atom is 0.339 e. The van der Waals surface area contributed by atoms with Gasteiger partial charge in [-0.05, 0) is 18.6 Å². The summed E-state index contributed by atoms with van der Waals surface area (Å²) in [4.78, 5) is 51.3. The standard InChI is InChI=1S/C16H19N3O6/c1-24-14(21)7-6-13(20)18-8-3-9-19(18)15(22)12-5-4-11(10-17-12)16(23)25-2/h4-5,10H,3,6-9H2,1-2H3. The number of carbonyl (C=O) groups is 4. The number of hydrogen-bond donors (Lipinski definition) is 0. The fourth-order valence-corrected chi connectivity index (χ4v) is 2.41. The quantitative estimate of drug-likeness (QED) is 0.709. The van der Waals surface area contributed by atoms with Gasteiger partial charge in [0.1, 0.15) is 5.69 Å². The number of ether oxygens (including phenoxy) is 2. The van der Waals surface area contributed by atoms with Gasteiger partial charge in [-0.2, -0.15) is 0 Å². The van der Waals surface area contributed by atoms with Gasteiger partial charge in [-0.25, -0.2) is 9.80 Å². The van der Waals surface area contributed by atoms with Crippen LogP contribution in [0.3, 0.4) is 0 Å². The van der Waals surface area contributed by atoms with Crippen LogP contribution in [0.25, 0.3) is 0 Å². The zero-order valence-electron chi connectivity index (χ0n) is 14.1. The summed E-state index contributed by atoms with van der Waals surface area (Å²) < 4.78 is 9.08. The third-order valence-electron chi connectivity index (χ3n) is 3.73. The molecule has 0 atom stereocenters. The van der Waals surface area contributed by atoms with Gasteiger partial charge >= 0.3 is 11.9 Å². The van der Waals surface area contributed by atoms with E-state index >= 15 is 0 Å². The smallest absolute Gasteiger partial charge is 0.339 e. The molecule has 0 spiro atoms. The second kappa shape index (κ2) is 8.22. The number of hydrogen-bond acceptors (Lipinski definition) is 7. The summed E-state index contributed by atoms with van der Waals surface area (Å²) in [7, 11) is 2.51. The largest absolute Gasteiger partial charge is 0.469 e. The third kappa shape index (κ3) is 4.31. The molecule has 0 aliphatic carbocycles. The lowest BCUT2D eigenvalue weighted by Crippen LogP contribution is -2.45. The number of carbonyl (C=O) groups excluding carboxylic acids is 4. The van der Waals surface area contributed by atoms with E-state index in [-0.39, 0.29) is 30.0 Å². The van der Waals surface area contributed by atoms with E-state index in [1.54, 1.807) is 0 Å². The molecule has 0 saturated carbocycles. The zero-order chi connectivity index (χ0) is 18.4. The third-order valence-corrected chi connectivity index (χ3v) is 3.73. The van der Waals surface area contributed by atoms with Crippen molar-refractivity contribution < 1.29 is 28.7 Å². The molecule has 1 aliphatic heterocycles. The molecular formula is C16H19N3O6. The van der Waals surface area contributed by atoms with Crippen LogP contribution in [-0.2, 0) is 19.1 Å². The molecule has 0 radical (unpaired) electrons. The first-order valence-corrected chi connectivity index (χ1v) is 7.71. The Labute approximate surface area is 144 Å². The molecule has 9 nitrogen and oxygen atoms in total. The average molecular weight is 349 g/mol. The number of methoxy groups -OCH3 is 2. The van der Waals surface area contributed by atoms with Crippen LogP contribution in [0.5, 0.6) is 0 Å². The fourth-order valence-electron chi connectivity index (χ4n) is 2.41. The van der Waals surface area contributed by atoms with Crippen molar-refractivity contribution in [3.63, 3.8) is 0 Å². The van der Waals surface area contributed by atoms with E-state index < -0.39 is 17.8 Å². The van der Waals surface area contributed by atoms with Crippen LogP contribution in [0, 0.1) is 0 Å². The van der Waals surface area contributed by atoms with Gasteiger partial charge in [0.25, 0.3) is 5.91 Å². The molecule has 134 valence electrons. The highest BCUT2D eigenvalue weighted by molar-refractivity contribution is 5.95. The van der Waals surface area contributed by atoms with Crippen LogP contribution in [0.15, 0.2) is 18.3 Å². The molecule has 0 unspecified atom stereocenters. The van der Waals surface area contributed by atoms with Crippen molar-refractivity contribution in [3.05, 3.63) is 29.6 Å². The Morgan fingerprint density at radius 3 is 2.36 bits per heavy atom. The lowest BCUT2D eigenvalue weighted by atomic mass is 10.2. The first kappa shape index (κ1) is 18.4. The summed E-state index contributed by atoms with van der Waals surface area (Å²) in [6, 6.07) is 2.84. The summed E-state index contributed by atoms with van der Waals surface area (Å²) in [5.41, 5.74) is 0.340. The number of pyridine rings is 1. The number of nitrogens with zero attached hydrogens (tertiary/aromatic N) is 3. The van der Waals surface area contributed by atoms with E-state index in [9.17, 15) is 19.2 Å². The highest BCUT2D eigenvalue weighted by Crippen LogP contribution is 2.16. The van der Waals surface area contributed by atoms with Gasteiger partial charge in [0, 0.05) is 25.7 Å². The van der Waals surface area contributed by atoms with Crippen molar-refractivity contribution in [2.45, 2.75) is 19.3 Å². The van der Waals surface area contributed by atoms with Crippen molar-refractivity contribution in [1.82, 2.24) is 15.0 Å². The van der Waals surface area contributed by atoms with Gasteiger partial charge in [-0.3, -0.25) is 24.4 Å². The van der Waals surface area contributed by atoms with Crippen LogP contribution < -0.4 is 0 Å². The van der Waals surface area contributed by atoms with Crippen molar-refractivity contribution in [3.8, 4) is 0 Å². The monoisotopic (exact) mass is 349 g/mol. The first-order chi connectivity index (χ1) is 12.0. The van der Waals surface area contributed by atoms with E-state index in [1.165, 1.54) is 42.6 Å². The maximum atomic E-state index is 12.6. The Morgan fingerprint density at radius 2 is 1.76 bits per heavy atom. The Bertz CT molecular complexity index is 673. The predicted molar refractivity (Wildman–Crippen MR) is 84.2 cm³/mol. The topological polar surface area (TPSA) is 106 Å². The Kier molecular flexibility index (Phi) is 6.04. The Balaban J connectivity index is 2.05.